The molecule has 0 aromatic heterocycles. The molecule has 0 fully saturated rings. The largest absolute Gasteiger partial charge is 0.363 e. The fraction of sp³-hybridized carbons (Fsp3) is 0.182. The number of amides is 1. The van der Waals surface area contributed by atoms with Crippen molar-refractivity contribution in [1.29, 1.82) is 0 Å². The lowest BCUT2D eigenvalue weighted by Gasteiger charge is -2.23. The first-order chi connectivity index (χ1) is 13.1. The molecular formula is C22H23N3OS. The summed E-state index contributed by atoms with van der Waals surface area (Å²) in [6, 6.07) is 21.6. The van der Waals surface area contributed by atoms with Crippen LogP contribution in [0.2, 0.25) is 0 Å². The molecule has 0 bridgehead atoms. The summed E-state index contributed by atoms with van der Waals surface area (Å²) in [5.41, 5.74) is 2.42. The zero-order valence-corrected chi connectivity index (χ0v) is 16.3. The third kappa shape index (κ3) is 4.26. The molecule has 5 heteroatoms. The van der Waals surface area contributed by atoms with Crippen LogP contribution in [0.3, 0.4) is 0 Å². The third-order valence-corrected chi connectivity index (χ3v) is 4.59. The van der Waals surface area contributed by atoms with E-state index in [1.165, 1.54) is 0 Å². The van der Waals surface area contributed by atoms with E-state index in [2.05, 4.69) is 28.8 Å². The van der Waals surface area contributed by atoms with Gasteiger partial charge in [0.1, 0.15) is 0 Å². The van der Waals surface area contributed by atoms with E-state index in [1.54, 1.807) is 0 Å². The van der Waals surface area contributed by atoms with Crippen LogP contribution in [0.5, 0.6) is 0 Å². The molecule has 27 heavy (non-hydrogen) atoms. The Bertz CT molecular complexity index is 948. The van der Waals surface area contributed by atoms with E-state index in [-0.39, 0.29) is 5.91 Å². The van der Waals surface area contributed by atoms with Crippen molar-refractivity contribution < 1.29 is 4.79 Å². The topological polar surface area (TPSA) is 44.4 Å². The van der Waals surface area contributed by atoms with Crippen LogP contribution < -0.4 is 15.5 Å². The van der Waals surface area contributed by atoms with Crippen molar-refractivity contribution in [3.05, 3.63) is 72.3 Å². The van der Waals surface area contributed by atoms with Crippen LogP contribution in [0, 0.1) is 0 Å². The van der Waals surface area contributed by atoms with Crippen LogP contribution in [0.15, 0.2) is 66.7 Å². The summed E-state index contributed by atoms with van der Waals surface area (Å²) in [6.45, 7) is 5.34. The average Bonchev–Trinajstić information content (AvgIpc) is 2.69. The molecule has 0 aliphatic carbocycles. The molecule has 0 saturated heterocycles. The van der Waals surface area contributed by atoms with Gasteiger partial charge in [-0.3, -0.25) is 4.79 Å². The Morgan fingerprint density at radius 3 is 2.37 bits per heavy atom. The molecule has 0 saturated carbocycles. The second-order valence-corrected chi connectivity index (χ2v) is 6.52. The van der Waals surface area contributed by atoms with Gasteiger partial charge >= 0.3 is 0 Å². The molecule has 0 aliphatic heterocycles. The Hall–Kier alpha value is -2.92. The first-order valence-electron chi connectivity index (χ1n) is 9.08. The highest BCUT2D eigenvalue weighted by molar-refractivity contribution is 7.80. The van der Waals surface area contributed by atoms with Crippen molar-refractivity contribution in [2.24, 2.45) is 0 Å². The third-order valence-electron chi connectivity index (χ3n) is 4.35. The number of fused-ring (bicyclic) bond motifs is 1. The second kappa shape index (κ2) is 8.64. The van der Waals surface area contributed by atoms with Gasteiger partial charge in [0.25, 0.3) is 5.91 Å². The highest BCUT2D eigenvalue weighted by atomic mass is 32.1. The highest BCUT2D eigenvalue weighted by Gasteiger charge is 2.18. The molecule has 0 spiro atoms. The van der Waals surface area contributed by atoms with E-state index in [0.717, 1.165) is 28.7 Å². The molecular weight excluding hydrogens is 354 g/mol. The lowest BCUT2D eigenvalue weighted by molar-refractivity contribution is 0.0988. The van der Waals surface area contributed by atoms with E-state index in [4.69, 9.17) is 12.2 Å². The summed E-state index contributed by atoms with van der Waals surface area (Å²) in [5, 5.41) is 8.91. The quantitative estimate of drug-likeness (QED) is 0.626. The summed E-state index contributed by atoms with van der Waals surface area (Å²) >= 11 is 5.19. The number of hydrogen-bond acceptors (Lipinski definition) is 2. The highest BCUT2D eigenvalue weighted by Crippen LogP contribution is 2.28. The molecule has 3 aromatic rings. The Labute approximate surface area is 165 Å². The average molecular weight is 378 g/mol. The SMILES string of the molecule is CCNC(=S)Nc1ccc(C(=O)N(CC)c2cccc3ccccc23)cc1. The number of benzene rings is 3. The van der Waals surface area contributed by atoms with Crippen LogP contribution in [-0.4, -0.2) is 24.1 Å². The van der Waals surface area contributed by atoms with Crippen LogP contribution in [0.1, 0.15) is 24.2 Å². The predicted octanol–water partition coefficient (Wildman–Crippen LogP) is 4.81. The Morgan fingerprint density at radius 2 is 1.67 bits per heavy atom. The maximum absolute atomic E-state index is 13.1. The van der Waals surface area contributed by atoms with Gasteiger partial charge in [-0.2, -0.15) is 0 Å². The number of carbonyl (C=O) groups is 1. The van der Waals surface area contributed by atoms with E-state index in [0.29, 0.717) is 17.2 Å². The van der Waals surface area contributed by atoms with Gasteiger partial charge in [-0.1, -0.05) is 36.4 Å². The molecule has 0 unspecified atom stereocenters. The van der Waals surface area contributed by atoms with Gasteiger partial charge < -0.3 is 15.5 Å². The first-order valence-corrected chi connectivity index (χ1v) is 9.49. The smallest absolute Gasteiger partial charge is 0.258 e. The van der Waals surface area contributed by atoms with E-state index in [9.17, 15) is 4.79 Å². The second-order valence-electron chi connectivity index (χ2n) is 6.11. The number of carbonyl (C=O) groups excluding carboxylic acids is 1. The van der Waals surface area contributed by atoms with Crippen molar-refractivity contribution >= 4 is 45.4 Å². The number of nitrogens with one attached hydrogen (secondary N) is 2. The van der Waals surface area contributed by atoms with Gasteiger partial charge in [0.15, 0.2) is 5.11 Å². The standard InChI is InChI=1S/C22H23N3OS/c1-3-23-22(27)24-18-14-12-17(13-15-18)21(26)25(4-2)20-11-7-9-16-8-5-6-10-19(16)20/h5-15H,3-4H2,1-2H3,(H2,23,24,27). The maximum Gasteiger partial charge on any atom is 0.258 e. The van der Waals surface area contributed by atoms with Crippen LogP contribution >= 0.6 is 12.2 Å². The number of rotatable bonds is 5. The summed E-state index contributed by atoms with van der Waals surface area (Å²) in [7, 11) is 0. The minimum atomic E-state index is -0.0188. The van der Waals surface area contributed by atoms with Crippen molar-refractivity contribution in [2.75, 3.05) is 23.3 Å². The Balaban J connectivity index is 1.85. The van der Waals surface area contributed by atoms with Crippen molar-refractivity contribution in [3.8, 4) is 0 Å². The Morgan fingerprint density at radius 1 is 0.963 bits per heavy atom. The number of nitrogens with zero attached hydrogens (tertiary/aromatic N) is 1. The zero-order chi connectivity index (χ0) is 19.2. The normalized spacial score (nSPS) is 10.4. The van der Waals surface area contributed by atoms with Crippen LogP contribution in [-0.2, 0) is 0 Å². The number of hydrogen-bond donors (Lipinski definition) is 2. The van der Waals surface area contributed by atoms with Crippen molar-refractivity contribution in [1.82, 2.24) is 5.32 Å². The summed E-state index contributed by atoms with van der Waals surface area (Å²) in [4.78, 5) is 14.9. The van der Waals surface area contributed by atoms with Crippen molar-refractivity contribution in [3.63, 3.8) is 0 Å². The fourth-order valence-corrected chi connectivity index (χ4v) is 3.32. The minimum absolute atomic E-state index is 0.0188. The molecule has 1 amide bonds. The monoisotopic (exact) mass is 377 g/mol. The molecule has 2 N–H and O–H groups in total. The molecule has 138 valence electrons. The molecule has 4 nitrogen and oxygen atoms in total. The fourth-order valence-electron chi connectivity index (χ4n) is 3.05. The van der Waals surface area contributed by atoms with Gasteiger partial charge in [0, 0.05) is 29.7 Å². The van der Waals surface area contributed by atoms with Gasteiger partial charge in [0.05, 0.1) is 5.69 Å². The van der Waals surface area contributed by atoms with Gasteiger partial charge in [-0.15, -0.1) is 0 Å². The molecule has 3 aromatic carbocycles. The van der Waals surface area contributed by atoms with Crippen LogP contribution in [0.25, 0.3) is 10.8 Å². The zero-order valence-electron chi connectivity index (χ0n) is 15.5. The lowest BCUT2D eigenvalue weighted by atomic mass is 10.1. The van der Waals surface area contributed by atoms with E-state index >= 15 is 0 Å². The van der Waals surface area contributed by atoms with Gasteiger partial charge in [0.2, 0.25) is 0 Å². The molecule has 0 heterocycles. The van der Waals surface area contributed by atoms with Crippen LogP contribution in [0.4, 0.5) is 11.4 Å². The van der Waals surface area contributed by atoms with Crippen molar-refractivity contribution in [2.45, 2.75) is 13.8 Å². The van der Waals surface area contributed by atoms with E-state index < -0.39 is 0 Å². The number of thiocarbonyl (C=S) groups is 1. The molecule has 3 rings (SSSR count). The molecule has 0 aliphatic rings. The Kier molecular flexibility index (Phi) is 6.04. The summed E-state index contributed by atoms with van der Waals surface area (Å²) < 4.78 is 0. The van der Waals surface area contributed by atoms with E-state index in [1.807, 2.05) is 67.3 Å². The first kappa shape index (κ1) is 18.9. The lowest BCUT2D eigenvalue weighted by Crippen LogP contribution is -2.31. The predicted molar refractivity (Wildman–Crippen MR) is 118 cm³/mol. The molecule has 0 atom stereocenters. The minimum Gasteiger partial charge on any atom is -0.363 e. The molecule has 0 radical (unpaired) electrons. The van der Waals surface area contributed by atoms with Gasteiger partial charge in [-0.25, -0.2) is 0 Å². The number of anilines is 2. The maximum atomic E-state index is 13.1. The summed E-state index contributed by atoms with van der Waals surface area (Å²) in [6.07, 6.45) is 0. The summed E-state index contributed by atoms with van der Waals surface area (Å²) in [5.74, 6) is -0.0188. The van der Waals surface area contributed by atoms with Gasteiger partial charge in [-0.05, 0) is 61.8 Å².